The minimum Gasteiger partial charge on any atom is -0.377 e. The molecule has 3 unspecified atom stereocenters. The maximum absolute atomic E-state index is 6.06. The molecule has 1 saturated heterocycles. The second-order valence-corrected chi connectivity index (χ2v) is 6.52. The molecule has 0 aromatic heterocycles. The highest BCUT2D eigenvalue weighted by atomic mass is 127. The van der Waals surface area contributed by atoms with Crippen molar-refractivity contribution in [3.63, 3.8) is 0 Å². The third-order valence-corrected chi connectivity index (χ3v) is 4.64. The smallest absolute Gasteiger partial charge is 0.193 e. The summed E-state index contributed by atoms with van der Waals surface area (Å²) < 4.78 is 5.78. The number of aliphatic imine (C=N–C) groups is 1. The van der Waals surface area contributed by atoms with Gasteiger partial charge in [-0.2, -0.15) is 0 Å². The number of nitrogens with zero attached hydrogens (tertiary/aromatic N) is 1. The lowest BCUT2D eigenvalue weighted by Gasteiger charge is -2.52. The summed E-state index contributed by atoms with van der Waals surface area (Å²) in [6.07, 6.45) is 1.45. The first kappa shape index (κ1) is 16.5. The van der Waals surface area contributed by atoms with Gasteiger partial charge >= 0.3 is 0 Å². The molecule has 0 spiro atoms. The van der Waals surface area contributed by atoms with Crippen molar-refractivity contribution >= 4 is 35.6 Å². The van der Waals surface area contributed by atoms with Gasteiger partial charge in [-0.25, -0.2) is 4.99 Å². The molecule has 1 heterocycles. The Bertz CT molecular complexity index is 527. The average molecular weight is 401 g/mol. The third-order valence-electron chi connectivity index (χ3n) is 4.64. The third kappa shape index (κ3) is 3.04. The van der Waals surface area contributed by atoms with Crippen LogP contribution in [0.25, 0.3) is 0 Å². The van der Waals surface area contributed by atoms with E-state index >= 15 is 0 Å². The molecule has 1 saturated carbocycles. The summed E-state index contributed by atoms with van der Waals surface area (Å²) in [5.41, 5.74) is 8.35. The number of anilines is 1. The van der Waals surface area contributed by atoms with Gasteiger partial charge in [-0.3, -0.25) is 0 Å². The molecule has 0 bridgehead atoms. The quantitative estimate of drug-likeness (QED) is 0.455. The number of hydrogen-bond acceptors (Lipinski definition) is 2. The summed E-state index contributed by atoms with van der Waals surface area (Å²) in [6, 6.07) is 8.41. The Balaban J connectivity index is 0.00000161. The zero-order valence-corrected chi connectivity index (χ0v) is 15.1. The maximum atomic E-state index is 6.06. The molecular formula is C16H24IN3O. The summed E-state index contributed by atoms with van der Waals surface area (Å²) in [6.45, 7) is 7.36. The summed E-state index contributed by atoms with van der Waals surface area (Å²) in [7, 11) is 0. The van der Waals surface area contributed by atoms with Crippen molar-refractivity contribution in [1.82, 2.24) is 0 Å². The molecule has 0 amide bonds. The van der Waals surface area contributed by atoms with Crippen LogP contribution in [0.5, 0.6) is 0 Å². The maximum Gasteiger partial charge on any atom is 0.193 e. The summed E-state index contributed by atoms with van der Waals surface area (Å²) in [5, 5.41) is 3.17. The van der Waals surface area contributed by atoms with Crippen molar-refractivity contribution < 1.29 is 4.74 Å². The number of halogens is 1. The Labute approximate surface area is 143 Å². The van der Waals surface area contributed by atoms with E-state index in [0.717, 1.165) is 18.7 Å². The molecule has 3 rings (SSSR count). The Morgan fingerprint density at radius 1 is 1.33 bits per heavy atom. The van der Waals surface area contributed by atoms with Crippen LogP contribution in [0.3, 0.4) is 0 Å². The number of aryl methyl sites for hydroxylation is 1. The highest BCUT2D eigenvalue weighted by Gasteiger charge is 2.59. The first-order chi connectivity index (χ1) is 9.48. The van der Waals surface area contributed by atoms with Crippen LogP contribution in [0.15, 0.2) is 29.3 Å². The van der Waals surface area contributed by atoms with E-state index in [1.807, 2.05) is 12.1 Å². The van der Waals surface area contributed by atoms with Crippen molar-refractivity contribution in [3.05, 3.63) is 29.8 Å². The van der Waals surface area contributed by atoms with E-state index in [1.165, 1.54) is 5.56 Å². The van der Waals surface area contributed by atoms with Crippen LogP contribution < -0.4 is 11.1 Å². The molecule has 2 fully saturated rings. The topological polar surface area (TPSA) is 59.6 Å². The SMILES string of the molecule is Cc1ccc(NC(N)=NC2C3CCOC3C2(C)C)cc1.I. The number of benzene rings is 1. The van der Waals surface area contributed by atoms with Crippen molar-refractivity contribution in [1.29, 1.82) is 0 Å². The lowest BCUT2D eigenvalue weighted by Crippen LogP contribution is -2.59. The minimum absolute atomic E-state index is 0. The molecule has 1 aromatic carbocycles. The first-order valence-electron chi connectivity index (χ1n) is 7.27. The average Bonchev–Trinajstić information content (AvgIpc) is 2.86. The molecule has 1 aromatic rings. The van der Waals surface area contributed by atoms with Crippen LogP contribution in [0.2, 0.25) is 0 Å². The van der Waals surface area contributed by atoms with E-state index in [1.54, 1.807) is 0 Å². The van der Waals surface area contributed by atoms with Crippen LogP contribution in [0.4, 0.5) is 5.69 Å². The molecule has 3 N–H and O–H groups in total. The van der Waals surface area contributed by atoms with Crippen molar-refractivity contribution in [2.75, 3.05) is 11.9 Å². The van der Waals surface area contributed by atoms with Crippen LogP contribution in [-0.2, 0) is 4.74 Å². The van der Waals surface area contributed by atoms with Crippen molar-refractivity contribution in [2.45, 2.75) is 39.3 Å². The van der Waals surface area contributed by atoms with Gasteiger partial charge in [-0.15, -0.1) is 24.0 Å². The second kappa shape index (κ2) is 6.12. The summed E-state index contributed by atoms with van der Waals surface area (Å²) >= 11 is 0. The molecule has 5 heteroatoms. The van der Waals surface area contributed by atoms with Gasteiger partial charge in [0.05, 0.1) is 12.1 Å². The summed E-state index contributed by atoms with van der Waals surface area (Å²) in [5.74, 6) is 1.03. The number of guanidine groups is 1. The lowest BCUT2D eigenvalue weighted by atomic mass is 9.57. The van der Waals surface area contributed by atoms with E-state index in [4.69, 9.17) is 15.5 Å². The Morgan fingerprint density at radius 2 is 2.00 bits per heavy atom. The summed E-state index contributed by atoms with van der Waals surface area (Å²) in [4.78, 5) is 4.70. The number of rotatable bonds is 2. The molecule has 21 heavy (non-hydrogen) atoms. The number of ether oxygens (including phenoxy) is 1. The van der Waals surface area contributed by atoms with E-state index in [-0.39, 0.29) is 35.4 Å². The molecule has 1 aliphatic heterocycles. The zero-order chi connectivity index (χ0) is 14.3. The predicted molar refractivity (Wildman–Crippen MR) is 97.3 cm³/mol. The monoisotopic (exact) mass is 401 g/mol. The number of hydrogen-bond donors (Lipinski definition) is 2. The van der Waals surface area contributed by atoms with Crippen LogP contribution >= 0.6 is 24.0 Å². The standard InChI is InChI=1S/C16H23N3O.HI/c1-10-4-6-11(7-5-10)18-15(17)19-13-12-8-9-20-14(12)16(13,2)3;/h4-7,12-14H,8-9H2,1-3H3,(H3,17,18,19);1H. The van der Waals surface area contributed by atoms with Gasteiger partial charge in [0, 0.05) is 23.6 Å². The number of nitrogens with two attached hydrogens (primary N) is 1. The fraction of sp³-hybridized carbons (Fsp3) is 0.562. The van der Waals surface area contributed by atoms with Gasteiger partial charge in [0.25, 0.3) is 0 Å². The largest absolute Gasteiger partial charge is 0.377 e. The highest BCUT2D eigenvalue weighted by molar-refractivity contribution is 14.0. The van der Waals surface area contributed by atoms with Crippen LogP contribution in [0, 0.1) is 18.3 Å². The van der Waals surface area contributed by atoms with Gasteiger partial charge < -0.3 is 15.8 Å². The van der Waals surface area contributed by atoms with Crippen LogP contribution in [-0.4, -0.2) is 24.7 Å². The van der Waals surface area contributed by atoms with Gasteiger partial charge in [-0.05, 0) is 25.5 Å². The zero-order valence-electron chi connectivity index (χ0n) is 12.8. The van der Waals surface area contributed by atoms with Gasteiger partial charge in [0.2, 0.25) is 0 Å². The lowest BCUT2D eigenvalue weighted by molar-refractivity contribution is -0.0985. The van der Waals surface area contributed by atoms with E-state index < -0.39 is 0 Å². The Hall–Kier alpha value is -0.820. The molecule has 3 atom stereocenters. The van der Waals surface area contributed by atoms with Gasteiger partial charge in [0.1, 0.15) is 0 Å². The highest BCUT2D eigenvalue weighted by Crippen LogP contribution is 2.53. The van der Waals surface area contributed by atoms with E-state index in [9.17, 15) is 0 Å². The number of nitrogens with one attached hydrogen (secondary N) is 1. The van der Waals surface area contributed by atoms with E-state index in [0.29, 0.717) is 18.0 Å². The normalized spacial score (nSPS) is 30.0. The molecule has 2 aliphatic rings. The predicted octanol–water partition coefficient (Wildman–Crippen LogP) is 3.15. The molecular weight excluding hydrogens is 377 g/mol. The first-order valence-corrected chi connectivity index (χ1v) is 7.27. The molecule has 4 nitrogen and oxygen atoms in total. The van der Waals surface area contributed by atoms with Gasteiger partial charge in [-0.1, -0.05) is 31.5 Å². The Morgan fingerprint density at radius 3 is 2.67 bits per heavy atom. The van der Waals surface area contributed by atoms with Crippen molar-refractivity contribution in [3.8, 4) is 0 Å². The van der Waals surface area contributed by atoms with E-state index in [2.05, 4.69) is 38.2 Å². The fourth-order valence-electron chi connectivity index (χ4n) is 3.53. The molecule has 116 valence electrons. The fourth-order valence-corrected chi connectivity index (χ4v) is 3.53. The minimum atomic E-state index is 0. The second-order valence-electron chi connectivity index (χ2n) is 6.52. The number of fused-ring (bicyclic) bond motifs is 1. The van der Waals surface area contributed by atoms with Gasteiger partial charge in [0.15, 0.2) is 5.96 Å². The molecule has 0 radical (unpaired) electrons. The van der Waals surface area contributed by atoms with Crippen LogP contribution in [0.1, 0.15) is 25.8 Å². The molecule has 1 aliphatic carbocycles. The van der Waals surface area contributed by atoms with Crippen molar-refractivity contribution in [2.24, 2.45) is 22.1 Å². The Kier molecular flexibility index (Phi) is 4.82.